The molecule has 0 spiro atoms. The fraction of sp³-hybridized carbons (Fsp3) is 0.647. The number of piperazine rings is 1. The molecule has 2 N–H and O–H groups in total. The fourth-order valence-electron chi connectivity index (χ4n) is 2.66. The van der Waals surface area contributed by atoms with E-state index in [1.165, 1.54) is 0 Å². The molecule has 2 heterocycles. The van der Waals surface area contributed by atoms with Crippen LogP contribution in [0.15, 0.2) is 24.4 Å². The predicted octanol–water partition coefficient (Wildman–Crippen LogP) is 0.728. The van der Waals surface area contributed by atoms with Crippen molar-refractivity contribution >= 4 is 11.7 Å². The van der Waals surface area contributed by atoms with Crippen LogP contribution in [0.1, 0.15) is 20.3 Å². The zero-order chi connectivity index (χ0) is 16.7. The summed E-state index contributed by atoms with van der Waals surface area (Å²) in [5, 5.41) is 12.0. The number of aliphatic hydroxyl groups is 1. The Labute approximate surface area is 138 Å². The van der Waals surface area contributed by atoms with Gasteiger partial charge in [0.25, 0.3) is 0 Å². The molecule has 0 aliphatic carbocycles. The molecule has 0 radical (unpaired) electrons. The van der Waals surface area contributed by atoms with Gasteiger partial charge >= 0.3 is 0 Å². The highest BCUT2D eigenvalue weighted by Crippen LogP contribution is 2.18. The molecule has 23 heavy (non-hydrogen) atoms. The lowest BCUT2D eigenvalue weighted by Gasteiger charge is -2.35. The van der Waals surface area contributed by atoms with Crippen molar-refractivity contribution in [2.24, 2.45) is 5.41 Å². The van der Waals surface area contributed by atoms with Gasteiger partial charge in [0.05, 0.1) is 6.54 Å². The second kappa shape index (κ2) is 8.26. The first kappa shape index (κ1) is 17.7. The van der Waals surface area contributed by atoms with Gasteiger partial charge in [-0.2, -0.15) is 0 Å². The first-order valence-corrected chi connectivity index (χ1v) is 8.26. The summed E-state index contributed by atoms with van der Waals surface area (Å²) < 4.78 is 0. The van der Waals surface area contributed by atoms with Crippen LogP contribution >= 0.6 is 0 Å². The highest BCUT2D eigenvalue weighted by molar-refractivity contribution is 5.78. The van der Waals surface area contributed by atoms with Crippen LogP contribution in [-0.4, -0.2) is 66.8 Å². The minimum absolute atomic E-state index is 0.0577. The quantitative estimate of drug-likeness (QED) is 0.775. The van der Waals surface area contributed by atoms with Crippen LogP contribution < -0.4 is 10.2 Å². The van der Waals surface area contributed by atoms with E-state index in [-0.39, 0.29) is 17.9 Å². The monoisotopic (exact) mass is 320 g/mol. The number of hydrogen-bond acceptors (Lipinski definition) is 5. The standard InChI is InChI=1S/C17H28N4O2/c1-17(2,6-12-22)14-19-16(23)13-20-8-10-21(11-9-20)15-5-3-4-7-18-15/h3-5,7,22H,6,8-14H2,1-2H3,(H,19,23). The minimum Gasteiger partial charge on any atom is -0.396 e. The van der Waals surface area contributed by atoms with E-state index in [0.717, 1.165) is 32.0 Å². The number of amides is 1. The van der Waals surface area contributed by atoms with Crippen molar-refractivity contribution in [1.29, 1.82) is 0 Å². The number of rotatable bonds is 7. The van der Waals surface area contributed by atoms with E-state index in [2.05, 4.69) is 33.9 Å². The summed E-state index contributed by atoms with van der Waals surface area (Å²) in [6.45, 7) is 8.79. The Hall–Kier alpha value is -1.66. The molecule has 1 saturated heterocycles. The number of pyridine rings is 1. The zero-order valence-electron chi connectivity index (χ0n) is 14.2. The van der Waals surface area contributed by atoms with Gasteiger partial charge in [-0.15, -0.1) is 0 Å². The van der Waals surface area contributed by atoms with Crippen LogP contribution in [0.25, 0.3) is 0 Å². The molecule has 0 unspecified atom stereocenters. The normalized spacial score (nSPS) is 16.4. The highest BCUT2D eigenvalue weighted by Gasteiger charge is 2.21. The topological polar surface area (TPSA) is 68.7 Å². The van der Waals surface area contributed by atoms with E-state index in [0.29, 0.717) is 19.5 Å². The van der Waals surface area contributed by atoms with Gasteiger partial charge < -0.3 is 15.3 Å². The first-order chi connectivity index (χ1) is 11.0. The number of aliphatic hydroxyl groups excluding tert-OH is 1. The molecule has 1 amide bonds. The maximum absolute atomic E-state index is 12.1. The number of carbonyl (C=O) groups is 1. The van der Waals surface area contributed by atoms with Crippen LogP contribution in [0.3, 0.4) is 0 Å². The van der Waals surface area contributed by atoms with Crippen molar-refractivity contribution < 1.29 is 9.90 Å². The number of aromatic nitrogens is 1. The Morgan fingerprint density at radius 1 is 1.30 bits per heavy atom. The Morgan fingerprint density at radius 3 is 2.65 bits per heavy atom. The largest absolute Gasteiger partial charge is 0.396 e. The van der Waals surface area contributed by atoms with Crippen molar-refractivity contribution in [3.63, 3.8) is 0 Å². The summed E-state index contributed by atoms with van der Waals surface area (Å²) in [5.41, 5.74) is -0.0674. The Bertz CT molecular complexity index is 485. The molecule has 1 aliphatic heterocycles. The Balaban J connectivity index is 1.71. The summed E-state index contributed by atoms with van der Waals surface area (Å²) in [6, 6.07) is 5.93. The van der Waals surface area contributed by atoms with Crippen molar-refractivity contribution in [3.8, 4) is 0 Å². The smallest absolute Gasteiger partial charge is 0.234 e. The number of nitrogens with one attached hydrogen (secondary N) is 1. The number of anilines is 1. The van der Waals surface area contributed by atoms with Crippen LogP contribution in [0.5, 0.6) is 0 Å². The summed E-state index contributed by atoms with van der Waals surface area (Å²) in [6.07, 6.45) is 2.50. The van der Waals surface area contributed by atoms with Gasteiger partial charge in [0, 0.05) is 45.5 Å². The molecule has 6 nitrogen and oxygen atoms in total. The first-order valence-electron chi connectivity index (χ1n) is 8.26. The predicted molar refractivity (Wildman–Crippen MR) is 91.4 cm³/mol. The van der Waals surface area contributed by atoms with Crippen molar-refractivity contribution in [1.82, 2.24) is 15.2 Å². The summed E-state index contributed by atoms with van der Waals surface area (Å²) in [7, 11) is 0. The third kappa shape index (κ3) is 5.80. The molecular weight excluding hydrogens is 292 g/mol. The van der Waals surface area contributed by atoms with Gasteiger partial charge in [0.2, 0.25) is 5.91 Å². The van der Waals surface area contributed by atoms with Crippen LogP contribution in [0.2, 0.25) is 0 Å². The average molecular weight is 320 g/mol. The van der Waals surface area contributed by atoms with Gasteiger partial charge in [0.1, 0.15) is 5.82 Å². The Morgan fingerprint density at radius 2 is 2.04 bits per heavy atom. The lowest BCUT2D eigenvalue weighted by atomic mass is 9.90. The van der Waals surface area contributed by atoms with E-state index >= 15 is 0 Å². The lowest BCUT2D eigenvalue weighted by molar-refractivity contribution is -0.122. The molecule has 0 saturated carbocycles. The van der Waals surface area contributed by atoms with Gasteiger partial charge in [-0.05, 0) is 24.0 Å². The maximum atomic E-state index is 12.1. The van der Waals surface area contributed by atoms with Gasteiger partial charge in [-0.3, -0.25) is 9.69 Å². The molecule has 128 valence electrons. The van der Waals surface area contributed by atoms with Crippen LogP contribution in [-0.2, 0) is 4.79 Å². The van der Waals surface area contributed by atoms with E-state index in [1.54, 1.807) is 0 Å². The molecule has 0 aromatic carbocycles. The molecule has 1 aromatic rings. The molecule has 1 aromatic heterocycles. The molecule has 2 rings (SSSR count). The molecule has 1 fully saturated rings. The van der Waals surface area contributed by atoms with Crippen molar-refractivity contribution in [2.75, 3.05) is 50.8 Å². The third-order valence-corrected chi connectivity index (χ3v) is 4.27. The lowest BCUT2D eigenvalue weighted by Crippen LogP contribution is -2.50. The van der Waals surface area contributed by atoms with Gasteiger partial charge in [-0.25, -0.2) is 4.98 Å². The minimum atomic E-state index is -0.0674. The van der Waals surface area contributed by atoms with Gasteiger partial charge in [0.15, 0.2) is 0 Å². The summed E-state index contributed by atoms with van der Waals surface area (Å²) in [5.74, 6) is 1.06. The van der Waals surface area contributed by atoms with E-state index < -0.39 is 0 Å². The number of hydrogen-bond donors (Lipinski definition) is 2. The van der Waals surface area contributed by atoms with E-state index in [4.69, 9.17) is 5.11 Å². The van der Waals surface area contributed by atoms with E-state index in [9.17, 15) is 4.79 Å². The number of carbonyl (C=O) groups excluding carboxylic acids is 1. The van der Waals surface area contributed by atoms with Gasteiger partial charge in [-0.1, -0.05) is 19.9 Å². The SMILES string of the molecule is CC(C)(CCO)CNC(=O)CN1CCN(c2ccccn2)CC1. The molecule has 0 atom stereocenters. The maximum Gasteiger partial charge on any atom is 0.234 e. The summed E-state index contributed by atoms with van der Waals surface area (Å²) in [4.78, 5) is 20.9. The van der Waals surface area contributed by atoms with Crippen LogP contribution in [0, 0.1) is 5.41 Å². The van der Waals surface area contributed by atoms with Crippen molar-refractivity contribution in [3.05, 3.63) is 24.4 Å². The van der Waals surface area contributed by atoms with E-state index in [1.807, 2.05) is 24.4 Å². The van der Waals surface area contributed by atoms with Crippen molar-refractivity contribution in [2.45, 2.75) is 20.3 Å². The second-order valence-corrected chi connectivity index (χ2v) is 6.87. The number of nitrogens with zero attached hydrogens (tertiary/aromatic N) is 3. The molecule has 0 bridgehead atoms. The van der Waals surface area contributed by atoms with Crippen LogP contribution in [0.4, 0.5) is 5.82 Å². The second-order valence-electron chi connectivity index (χ2n) is 6.87. The summed E-state index contributed by atoms with van der Waals surface area (Å²) >= 11 is 0. The molecule has 1 aliphatic rings. The molecular formula is C17H28N4O2. The highest BCUT2D eigenvalue weighted by atomic mass is 16.3. The average Bonchev–Trinajstić information content (AvgIpc) is 2.55. The zero-order valence-corrected chi connectivity index (χ0v) is 14.2. The fourth-order valence-corrected chi connectivity index (χ4v) is 2.66. The Kier molecular flexibility index (Phi) is 6.36. The molecule has 6 heteroatoms. The third-order valence-electron chi connectivity index (χ3n) is 4.27.